The molecule has 4 aromatic rings. The number of nitrogens with zero attached hydrogens (tertiary/aromatic N) is 1. The van der Waals surface area contributed by atoms with Crippen molar-refractivity contribution in [1.29, 1.82) is 0 Å². The normalized spacial score (nSPS) is 10.9. The molecule has 0 spiro atoms. The molecule has 0 bridgehead atoms. The van der Waals surface area contributed by atoms with Gasteiger partial charge < -0.3 is 20.0 Å². The maximum atomic E-state index is 12.8. The number of benzene rings is 2. The molecule has 0 saturated heterocycles. The van der Waals surface area contributed by atoms with Crippen molar-refractivity contribution in [2.45, 2.75) is 19.6 Å². The van der Waals surface area contributed by atoms with Gasteiger partial charge in [-0.1, -0.05) is 60.7 Å². The molecule has 6 nitrogen and oxygen atoms in total. The maximum Gasteiger partial charge on any atom is 0.289 e. The summed E-state index contributed by atoms with van der Waals surface area (Å²) in [5.41, 5.74) is 8.91. The Labute approximate surface area is 179 Å². The first-order valence-electron chi connectivity index (χ1n) is 9.90. The summed E-state index contributed by atoms with van der Waals surface area (Å²) in [4.78, 5) is 24.6. The minimum Gasteiger partial charge on any atom is -0.487 e. The summed E-state index contributed by atoms with van der Waals surface area (Å²) in [7, 11) is 0. The van der Waals surface area contributed by atoms with Crippen LogP contribution in [0.1, 0.15) is 32.7 Å². The molecular weight excluding hydrogens is 392 g/mol. The largest absolute Gasteiger partial charge is 0.487 e. The molecule has 2 aromatic heterocycles. The third-order valence-electron chi connectivity index (χ3n) is 5.20. The number of primary amides is 1. The van der Waals surface area contributed by atoms with E-state index in [4.69, 9.17) is 10.5 Å². The highest BCUT2D eigenvalue weighted by Gasteiger charge is 2.28. The smallest absolute Gasteiger partial charge is 0.289 e. The Morgan fingerprint density at radius 1 is 0.903 bits per heavy atom. The average Bonchev–Trinajstić information content (AvgIpc) is 3.12. The number of ether oxygens (including phenoxy) is 1. The van der Waals surface area contributed by atoms with Crippen molar-refractivity contribution in [1.82, 2.24) is 4.40 Å². The molecule has 31 heavy (non-hydrogen) atoms. The number of carbonyl (C=O) groups is 2. The van der Waals surface area contributed by atoms with Crippen molar-refractivity contribution in [3.8, 4) is 5.75 Å². The van der Waals surface area contributed by atoms with Crippen LogP contribution in [0.15, 0.2) is 79.0 Å². The van der Waals surface area contributed by atoms with E-state index in [1.54, 1.807) is 16.7 Å². The second-order valence-corrected chi connectivity index (χ2v) is 7.18. The first-order valence-corrected chi connectivity index (χ1v) is 9.90. The second-order valence-electron chi connectivity index (χ2n) is 7.18. The Morgan fingerprint density at radius 2 is 1.55 bits per heavy atom. The van der Waals surface area contributed by atoms with Crippen LogP contribution in [0.25, 0.3) is 5.52 Å². The fourth-order valence-corrected chi connectivity index (χ4v) is 3.76. The number of aliphatic hydroxyl groups is 1. The van der Waals surface area contributed by atoms with Gasteiger partial charge in [-0.25, -0.2) is 0 Å². The van der Waals surface area contributed by atoms with Crippen molar-refractivity contribution >= 4 is 17.2 Å². The molecule has 0 saturated carbocycles. The van der Waals surface area contributed by atoms with Gasteiger partial charge in [0.25, 0.3) is 11.7 Å². The van der Waals surface area contributed by atoms with E-state index in [-0.39, 0.29) is 5.56 Å². The van der Waals surface area contributed by atoms with Crippen LogP contribution in [0.4, 0.5) is 0 Å². The number of pyridine rings is 1. The monoisotopic (exact) mass is 414 g/mol. The molecule has 0 aliphatic rings. The van der Waals surface area contributed by atoms with Gasteiger partial charge in [0.1, 0.15) is 12.4 Å². The van der Waals surface area contributed by atoms with Gasteiger partial charge >= 0.3 is 0 Å². The van der Waals surface area contributed by atoms with Gasteiger partial charge in [-0.2, -0.15) is 0 Å². The molecule has 3 N–H and O–H groups in total. The lowest BCUT2D eigenvalue weighted by Gasteiger charge is -2.10. The van der Waals surface area contributed by atoms with Crippen molar-refractivity contribution in [2.75, 3.05) is 0 Å². The molecule has 6 heteroatoms. The second kappa shape index (κ2) is 8.85. The number of aliphatic hydroxyl groups excluding tert-OH is 1. The van der Waals surface area contributed by atoms with E-state index < -0.39 is 18.3 Å². The molecule has 0 aliphatic carbocycles. The number of nitrogens with two attached hydrogens (primary N) is 1. The first-order chi connectivity index (χ1) is 15.1. The number of hydrogen-bond acceptors (Lipinski definition) is 4. The summed E-state index contributed by atoms with van der Waals surface area (Å²) < 4.78 is 7.83. The zero-order chi connectivity index (χ0) is 21.8. The summed E-state index contributed by atoms with van der Waals surface area (Å²) in [6, 6.07) is 22.9. The molecule has 0 aliphatic heterocycles. The van der Waals surface area contributed by atoms with Crippen LogP contribution in [-0.4, -0.2) is 21.2 Å². The number of rotatable bonds is 8. The number of fused-ring (bicyclic) bond motifs is 1. The van der Waals surface area contributed by atoms with Crippen molar-refractivity contribution < 1.29 is 19.4 Å². The van der Waals surface area contributed by atoms with Crippen LogP contribution in [0.2, 0.25) is 0 Å². The van der Waals surface area contributed by atoms with Gasteiger partial charge in [0.05, 0.1) is 17.7 Å². The third kappa shape index (κ3) is 4.06. The van der Waals surface area contributed by atoms with Gasteiger partial charge in [0, 0.05) is 23.9 Å². The van der Waals surface area contributed by atoms with Gasteiger partial charge in [0.15, 0.2) is 0 Å². The van der Waals surface area contributed by atoms with Gasteiger partial charge in [-0.3, -0.25) is 9.59 Å². The van der Waals surface area contributed by atoms with Crippen molar-refractivity contribution in [2.24, 2.45) is 5.73 Å². The molecule has 156 valence electrons. The van der Waals surface area contributed by atoms with Crippen LogP contribution in [0.3, 0.4) is 0 Å². The maximum absolute atomic E-state index is 12.8. The lowest BCUT2D eigenvalue weighted by Crippen LogP contribution is -2.24. The fraction of sp³-hybridized carbons (Fsp3) is 0.120. The van der Waals surface area contributed by atoms with Gasteiger partial charge in [-0.05, 0) is 23.3 Å². The van der Waals surface area contributed by atoms with Gasteiger partial charge in [-0.15, -0.1) is 0 Å². The van der Waals surface area contributed by atoms with Crippen LogP contribution in [-0.2, 0) is 24.4 Å². The lowest BCUT2D eigenvalue weighted by atomic mass is 10.0. The van der Waals surface area contributed by atoms with E-state index >= 15 is 0 Å². The molecule has 2 heterocycles. The Kier molecular flexibility index (Phi) is 5.82. The Balaban J connectivity index is 1.87. The van der Waals surface area contributed by atoms with E-state index in [9.17, 15) is 14.7 Å². The minimum absolute atomic E-state index is 0.0876. The molecule has 0 atom stereocenters. The topological polar surface area (TPSA) is 94.0 Å². The summed E-state index contributed by atoms with van der Waals surface area (Å²) in [6.45, 7) is -0.116. The summed E-state index contributed by atoms with van der Waals surface area (Å²) in [6.07, 6.45) is 2.26. The van der Waals surface area contributed by atoms with E-state index in [1.807, 2.05) is 66.7 Å². The Bertz CT molecular complexity index is 1230. The molecule has 0 radical (unpaired) electrons. The summed E-state index contributed by atoms with van der Waals surface area (Å²) in [5.74, 6) is -1.49. The van der Waals surface area contributed by atoms with Crippen LogP contribution in [0, 0.1) is 0 Å². The van der Waals surface area contributed by atoms with Gasteiger partial charge in [0.2, 0.25) is 0 Å². The predicted molar refractivity (Wildman–Crippen MR) is 117 cm³/mol. The number of Topliss-reactive ketones (excluding diaryl/α,β-unsaturated/α-hetero) is 1. The number of aromatic nitrogens is 1. The number of amides is 1. The van der Waals surface area contributed by atoms with E-state index in [0.29, 0.717) is 35.6 Å². The highest BCUT2D eigenvalue weighted by atomic mass is 16.5. The van der Waals surface area contributed by atoms with E-state index in [1.165, 1.54) is 0 Å². The zero-order valence-corrected chi connectivity index (χ0v) is 16.8. The van der Waals surface area contributed by atoms with Crippen LogP contribution in [0.5, 0.6) is 5.75 Å². The third-order valence-corrected chi connectivity index (χ3v) is 5.20. The average molecular weight is 414 g/mol. The first kappa shape index (κ1) is 20.4. The standard InChI is InChI=1S/C25H22N2O4/c26-25(30)24(29)22-19(15-28)20(14-17-8-3-1-4-9-17)27-13-7-12-21(23(22)27)31-16-18-10-5-2-6-11-18/h1-13,28H,14-16H2,(H2,26,30). The molecule has 0 fully saturated rings. The van der Waals surface area contributed by atoms with E-state index in [0.717, 1.165) is 11.1 Å². The lowest BCUT2D eigenvalue weighted by molar-refractivity contribution is -0.114. The number of carbonyl (C=O) groups excluding carboxylic acids is 2. The zero-order valence-electron chi connectivity index (χ0n) is 16.8. The minimum atomic E-state index is -1.08. The molecule has 0 unspecified atom stereocenters. The summed E-state index contributed by atoms with van der Waals surface area (Å²) >= 11 is 0. The molecule has 4 rings (SSSR count). The highest BCUT2D eigenvalue weighted by Crippen LogP contribution is 2.33. The van der Waals surface area contributed by atoms with E-state index in [2.05, 4.69) is 0 Å². The fourth-order valence-electron chi connectivity index (χ4n) is 3.76. The molecule has 1 amide bonds. The van der Waals surface area contributed by atoms with Crippen molar-refractivity contribution in [3.63, 3.8) is 0 Å². The Hall–Kier alpha value is -3.90. The number of ketones is 1. The quantitative estimate of drug-likeness (QED) is 0.342. The molecule has 2 aromatic carbocycles. The SMILES string of the molecule is NC(=O)C(=O)c1c(CO)c(Cc2ccccc2)n2cccc(OCc3ccccc3)c12. The van der Waals surface area contributed by atoms with Crippen LogP contribution >= 0.6 is 0 Å². The Morgan fingerprint density at radius 3 is 2.16 bits per heavy atom. The van der Waals surface area contributed by atoms with Crippen molar-refractivity contribution in [3.05, 3.63) is 107 Å². The van der Waals surface area contributed by atoms with Crippen LogP contribution < -0.4 is 10.5 Å². The molecular formula is C25H22N2O4. The highest BCUT2D eigenvalue weighted by molar-refractivity contribution is 6.44. The predicted octanol–water partition coefficient (Wildman–Crippen LogP) is 3.27. The summed E-state index contributed by atoms with van der Waals surface area (Å²) in [5, 5.41) is 10.1. The number of hydrogen-bond donors (Lipinski definition) is 2.